The third-order valence-corrected chi connectivity index (χ3v) is 6.33. The average molecular weight is 372 g/mol. The lowest BCUT2D eigenvalue weighted by Gasteiger charge is -2.47. The van der Waals surface area contributed by atoms with Crippen molar-refractivity contribution in [2.75, 3.05) is 6.54 Å². The molecule has 1 aliphatic heterocycles. The van der Waals surface area contributed by atoms with E-state index in [4.69, 9.17) is 4.74 Å². The van der Waals surface area contributed by atoms with E-state index in [9.17, 15) is 9.90 Å². The molecule has 1 heterocycles. The molecule has 1 aliphatic carbocycles. The second kappa shape index (κ2) is 6.88. The van der Waals surface area contributed by atoms with Gasteiger partial charge in [0.05, 0.1) is 5.41 Å². The maximum atomic E-state index is 12.7. The van der Waals surface area contributed by atoms with Crippen LogP contribution in [0.5, 0.6) is 11.5 Å². The number of rotatable bonds is 4. The fourth-order valence-electron chi connectivity index (χ4n) is 4.52. The molecule has 3 rings (SSSR count). The molecular formula is C23H33NO3. The number of hydrogen-bond donors (Lipinski definition) is 2. The van der Waals surface area contributed by atoms with Crippen molar-refractivity contribution in [3.63, 3.8) is 0 Å². The molecule has 0 unspecified atom stereocenters. The van der Waals surface area contributed by atoms with E-state index in [0.717, 1.165) is 36.1 Å². The Labute approximate surface area is 163 Å². The zero-order valence-electron chi connectivity index (χ0n) is 17.5. The van der Waals surface area contributed by atoms with Crippen LogP contribution in [0.15, 0.2) is 23.8 Å². The second-order valence-corrected chi connectivity index (χ2v) is 9.20. The molecule has 0 bridgehead atoms. The summed E-state index contributed by atoms with van der Waals surface area (Å²) in [5, 5.41) is 13.9. The standard InChI is InChI=1S/C23H33NO3/c1-7-10-24-21(26)22(3,4)15-12-18(25)20-16-11-14(2)8-9-17(16)23(5,6)27-19(20)13-15/h8,12-13,16-17,25H,7,9-11H2,1-6H3,(H,24,26)/t16-,17-/m1/s1. The molecule has 0 saturated carbocycles. The van der Waals surface area contributed by atoms with Gasteiger partial charge < -0.3 is 15.2 Å². The Morgan fingerprint density at radius 3 is 2.74 bits per heavy atom. The van der Waals surface area contributed by atoms with Gasteiger partial charge in [0.25, 0.3) is 0 Å². The van der Waals surface area contributed by atoms with Gasteiger partial charge in [-0.05, 0) is 71.6 Å². The number of ether oxygens (including phenoxy) is 1. The van der Waals surface area contributed by atoms with Gasteiger partial charge in [0.15, 0.2) is 0 Å². The lowest BCUT2D eigenvalue weighted by atomic mass is 9.66. The fraction of sp³-hybridized carbons (Fsp3) is 0.609. The third kappa shape index (κ3) is 3.46. The monoisotopic (exact) mass is 371 g/mol. The van der Waals surface area contributed by atoms with Crippen LogP contribution in [0.25, 0.3) is 0 Å². The second-order valence-electron chi connectivity index (χ2n) is 9.20. The first kappa shape index (κ1) is 19.8. The minimum absolute atomic E-state index is 0.0342. The molecule has 0 radical (unpaired) electrons. The summed E-state index contributed by atoms with van der Waals surface area (Å²) >= 11 is 0. The summed E-state index contributed by atoms with van der Waals surface area (Å²) in [6.07, 6.45) is 5.10. The van der Waals surface area contributed by atoms with Gasteiger partial charge in [-0.15, -0.1) is 0 Å². The topological polar surface area (TPSA) is 58.6 Å². The van der Waals surface area contributed by atoms with Gasteiger partial charge in [-0.3, -0.25) is 4.79 Å². The number of allylic oxidation sites excluding steroid dienone is 2. The Hall–Kier alpha value is -1.97. The zero-order chi connectivity index (χ0) is 20.0. The highest BCUT2D eigenvalue weighted by Gasteiger charge is 2.46. The summed E-state index contributed by atoms with van der Waals surface area (Å²) in [6.45, 7) is 12.9. The van der Waals surface area contributed by atoms with Crippen molar-refractivity contribution in [2.45, 2.75) is 77.7 Å². The van der Waals surface area contributed by atoms with E-state index in [0.29, 0.717) is 12.5 Å². The number of phenols is 1. The first-order valence-corrected chi connectivity index (χ1v) is 10.1. The van der Waals surface area contributed by atoms with E-state index in [1.807, 2.05) is 26.8 Å². The molecule has 27 heavy (non-hydrogen) atoms. The third-order valence-electron chi connectivity index (χ3n) is 6.33. The maximum Gasteiger partial charge on any atom is 0.230 e. The van der Waals surface area contributed by atoms with Gasteiger partial charge in [0.1, 0.15) is 17.1 Å². The molecular weight excluding hydrogens is 338 g/mol. The minimum atomic E-state index is -0.742. The number of nitrogens with one attached hydrogen (secondary N) is 1. The van der Waals surface area contributed by atoms with Crippen LogP contribution >= 0.6 is 0 Å². The molecule has 148 valence electrons. The molecule has 0 saturated heterocycles. The molecule has 2 N–H and O–H groups in total. The molecule has 0 spiro atoms. The van der Waals surface area contributed by atoms with E-state index >= 15 is 0 Å². The normalized spacial score (nSPS) is 23.6. The van der Waals surface area contributed by atoms with Crippen molar-refractivity contribution in [3.05, 3.63) is 34.9 Å². The highest BCUT2D eigenvalue weighted by Crippen LogP contribution is 2.54. The Kier molecular flexibility index (Phi) is 5.04. The molecule has 1 amide bonds. The smallest absolute Gasteiger partial charge is 0.230 e. The number of hydrogen-bond acceptors (Lipinski definition) is 3. The summed E-state index contributed by atoms with van der Waals surface area (Å²) < 4.78 is 6.38. The van der Waals surface area contributed by atoms with Gasteiger partial charge in [0, 0.05) is 23.9 Å². The Morgan fingerprint density at radius 1 is 1.37 bits per heavy atom. The van der Waals surface area contributed by atoms with Crippen molar-refractivity contribution < 1.29 is 14.6 Å². The van der Waals surface area contributed by atoms with Crippen molar-refractivity contribution in [1.82, 2.24) is 5.32 Å². The summed E-state index contributed by atoms with van der Waals surface area (Å²) in [7, 11) is 0. The summed E-state index contributed by atoms with van der Waals surface area (Å²) in [4.78, 5) is 12.7. The number of phenolic OH excluding ortho intramolecular Hbond substituents is 1. The van der Waals surface area contributed by atoms with Crippen LogP contribution in [-0.2, 0) is 10.2 Å². The summed E-state index contributed by atoms with van der Waals surface area (Å²) in [5.74, 6) is 1.53. The number of carbonyl (C=O) groups excluding carboxylic acids is 1. The summed E-state index contributed by atoms with van der Waals surface area (Å²) in [5.41, 5.74) is 2.00. The van der Waals surface area contributed by atoms with Gasteiger partial charge in [-0.25, -0.2) is 0 Å². The predicted molar refractivity (Wildman–Crippen MR) is 108 cm³/mol. The SMILES string of the molecule is CCCNC(=O)C(C)(C)c1cc(O)c2c(c1)OC(C)(C)[C@@H]1CC=C(C)C[C@@H]21. The Morgan fingerprint density at radius 2 is 2.07 bits per heavy atom. The van der Waals surface area contributed by atoms with Gasteiger partial charge >= 0.3 is 0 Å². The highest BCUT2D eigenvalue weighted by molar-refractivity contribution is 5.87. The van der Waals surface area contributed by atoms with Crippen LogP contribution in [0.2, 0.25) is 0 Å². The predicted octanol–water partition coefficient (Wildman–Crippen LogP) is 4.81. The van der Waals surface area contributed by atoms with E-state index in [-0.39, 0.29) is 23.2 Å². The molecule has 2 aliphatic rings. The van der Waals surface area contributed by atoms with Crippen molar-refractivity contribution in [1.29, 1.82) is 0 Å². The highest BCUT2D eigenvalue weighted by atomic mass is 16.5. The molecule has 2 atom stereocenters. The quantitative estimate of drug-likeness (QED) is 0.747. The van der Waals surface area contributed by atoms with Crippen LogP contribution in [0, 0.1) is 5.92 Å². The number of benzene rings is 1. The number of carbonyl (C=O) groups is 1. The largest absolute Gasteiger partial charge is 0.508 e. The average Bonchev–Trinajstić information content (AvgIpc) is 2.58. The maximum absolute atomic E-state index is 12.7. The first-order valence-electron chi connectivity index (χ1n) is 10.1. The molecule has 1 aromatic carbocycles. The van der Waals surface area contributed by atoms with Crippen LogP contribution in [0.4, 0.5) is 0 Å². The first-order chi connectivity index (χ1) is 12.6. The molecule has 1 aromatic rings. The van der Waals surface area contributed by atoms with Crippen LogP contribution < -0.4 is 10.1 Å². The zero-order valence-corrected chi connectivity index (χ0v) is 17.5. The van der Waals surface area contributed by atoms with Gasteiger partial charge in [0.2, 0.25) is 5.91 Å². The van der Waals surface area contributed by atoms with E-state index in [1.165, 1.54) is 5.57 Å². The number of fused-ring (bicyclic) bond motifs is 3. The number of amides is 1. The van der Waals surface area contributed by atoms with Gasteiger partial charge in [-0.1, -0.05) is 18.6 Å². The fourth-order valence-corrected chi connectivity index (χ4v) is 4.52. The van der Waals surface area contributed by atoms with E-state index in [1.54, 1.807) is 6.07 Å². The van der Waals surface area contributed by atoms with Crippen LogP contribution in [0.1, 0.15) is 77.8 Å². The van der Waals surface area contributed by atoms with E-state index in [2.05, 4.69) is 32.2 Å². The van der Waals surface area contributed by atoms with Crippen LogP contribution in [-0.4, -0.2) is 23.2 Å². The summed E-state index contributed by atoms with van der Waals surface area (Å²) in [6, 6.07) is 3.73. The molecule has 0 aromatic heterocycles. The van der Waals surface area contributed by atoms with Crippen LogP contribution in [0.3, 0.4) is 0 Å². The Bertz CT molecular complexity index is 776. The van der Waals surface area contributed by atoms with Gasteiger partial charge in [-0.2, -0.15) is 0 Å². The molecule has 0 fully saturated rings. The van der Waals surface area contributed by atoms with Crippen molar-refractivity contribution in [3.8, 4) is 11.5 Å². The number of aromatic hydroxyl groups is 1. The lowest BCUT2D eigenvalue weighted by molar-refractivity contribution is -0.125. The van der Waals surface area contributed by atoms with E-state index < -0.39 is 5.41 Å². The lowest BCUT2D eigenvalue weighted by Crippen LogP contribution is -2.45. The molecule has 4 heteroatoms. The molecule has 4 nitrogen and oxygen atoms in total. The Balaban J connectivity index is 2.04. The van der Waals surface area contributed by atoms with Crippen molar-refractivity contribution >= 4 is 5.91 Å². The minimum Gasteiger partial charge on any atom is -0.508 e. The van der Waals surface area contributed by atoms with Crippen molar-refractivity contribution in [2.24, 2.45) is 5.92 Å².